The highest BCUT2D eigenvalue weighted by molar-refractivity contribution is 14.1. The summed E-state index contributed by atoms with van der Waals surface area (Å²) in [6.45, 7) is 0. The lowest BCUT2D eigenvalue weighted by Gasteiger charge is -2.15. The van der Waals surface area contributed by atoms with Crippen molar-refractivity contribution in [2.45, 2.75) is 18.3 Å². The van der Waals surface area contributed by atoms with E-state index in [2.05, 4.69) is 32.7 Å². The Hall–Kier alpha value is -1.18. The van der Waals surface area contributed by atoms with Crippen LogP contribution in [0.2, 0.25) is 10.0 Å². The molecule has 0 amide bonds. The van der Waals surface area contributed by atoms with Crippen molar-refractivity contribution >= 4 is 45.8 Å². The Balaban J connectivity index is 1.76. The van der Waals surface area contributed by atoms with E-state index in [4.69, 9.17) is 27.7 Å². The van der Waals surface area contributed by atoms with E-state index in [0.717, 1.165) is 22.0 Å². The molecule has 1 fully saturated rings. The molecule has 0 radical (unpaired) electrons. The van der Waals surface area contributed by atoms with Crippen LogP contribution in [0.25, 0.3) is 11.5 Å². The lowest BCUT2D eigenvalue weighted by Crippen LogP contribution is -2.12. The first-order valence-corrected chi connectivity index (χ1v) is 9.08. The van der Waals surface area contributed by atoms with Crippen molar-refractivity contribution in [2.24, 2.45) is 0 Å². The molecule has 0 bridgehead atoms. The molecule has 1 aliphatic carbocycles. The zero-order valence-electron chi connectivity index (χ0n) is 12.2. The average molecular weight is 475 g/mol. The van der Waals surface area contributed by atoms with Crippen molar-refractivity contribution in [3.8, 4) is 11.5 Å². The van der Waals surface area contributed by atoms with Crippen molar-refractivity contribution in [1.29, 1.82) is 0 Å². The second-order valence-corrected chi connectivity index (χ2v) is 7.82. The molecule has 1 aliphatic rings. The van der Waals surface area contributed by atoms with Gasteiger partial charge >= 0.3 is 0 Å². The Labute approximate surface area is 161 Å². The van der Waals surface area contributed by atoms with Gasteiger partial charge in [-0.3, -0.25) is 0 Å². The number of hydrogen-bond acceptors (Lipinski definition) is 3. The second kappa shape index (κ2) is 5.97. The molecule has 1 saturated carbocycles. The number of aromatic nitrogens is 2. The molecule has 122 valence electrons. The van der Waals surface area contributed by atoms with Crippen LogP contribution in [0.5, 0.6) is 0 Å². The van der Waals surface area contributed by atoms with Crippen LogP contribution in [-0.4, -0.2) is 10.1 Å². The van der Waals surface area contributed by atoms with Crippen LogP contribution in [-0.2, 0) is 5.41 Å². The van der Waals surface area contributed by atoms with E-state index < -0.39 is 5.41 Å². The molecule has 0 unspecified atom stereocenters. The molecule has 3 nitrogen and oxygen atoms in total. The Morgan fingerprint density at radius 1 is 1.08 bits per heavy atom. The highest BCUT2D eigenvalue weighted by atomic mass is 127. The van der Waals surface area contributed by atoms with Crippen LogP contribution in [0.1, 0.15) is 24.2 Å². The monoisotopic (exact) mass is 474 g/mol. The fourth-order valence-electron chi connectivity index (χ4n) is 2.84. The summed E-state index contributed by atoms with van der Waals surface area (Å²) in [6, 6.07) is 9.70. The smallest absolute Gasteiger partial charge is 0.257 e. The topological polar surface area (TPSA) is 38.9 Å². The number of rotatable bonds is 3. The predicted octanol–water partition coefficient (Wildman–Crippen LogP) is 5.87. The molecule has 0 saturated heterocycles. The predicted molar refractivity (Wildman–Crippen MR) is 98.9 cm³/mol. The van der Waals surface area contributed by atoms with Gasteiger partial charge in [0.05, 0.1) is 5.41 Å². The lowest BCUT2D eigenvalue weighted by molar-refractivity contribution is 0.418. The van der Waals surface area contributed by atoms with E-state index in [1.54, 1.807) is 12.1 Å². The maximum atomic E-state index is 13.1. The van der Waals surface area contributed by atoms with Gasteiger partial charge < -0.3 is 4.52 Å². The number of halogens is 4. The summed E-state index contributed by atoms with van der Waals surface area (Å²) < 4.78 is 19.4. The molecule has 0 aliphatic heterocycles. The minimum atomic E-state index is -0.402. The van der Waals surface area contributed by atoms with E-state index in [1.165, 1.54) is 12.1 Å². The van der Waals surface area contributed by atoms with E-state index >= 15 is 0 Å². The SMILES string of the molecule is Fc1ccc(-c2nc(C3(c4c(Cl)cc(I)cc4Cl)CC3)no2)cc1. The maximum absolute atomic E-state index is 13.1. The molecular weight excluding hydrogens is 465 g/mol. The number of benzene rings is 2. The Morgan fingerprint density at radius 2 is 1.71 bits per heavy atom. The van der Waals surface area contributed by atoms with Crippen molar-refractivity contribution in [3.05, 3.63) is 67.2 Å². The Kier molecular flexibility index (Phi) is 4.05. The number of hydrogen-bond donors (Lipinski definition) is 0. The third-order valence-electron chi connectivity index (χ3n) is 4.18. The molecule has 24 heavy (non-hydrogen) atoms. The Morgan fingerprint density at radius 3 is 2.29 bits per heavy atom. The van der Waals surface area contributed by atoms with Crippen LogP contribution in [0.4, 0.5) is 4.39 Å². The van der Waals surface area contributed by atoms with Gasteiger partial charge in [0.1, 0.15) is 5.82 Å². The fourth-order valence-corrected chi connectivity index (χ4v) is 4.68. The normalized spacial score (nSPS) is 15.5. The molecular formula is C17H10Cl2FIN2O. The standard InChI is InChI=1S/C17H10Cl2FIN2O/c18-12-7-11(21)8-13(19)14(12)17(5-6-17)16-22-15(24-23-16)9-1-3-10(20)4-2-9/h1-4,7-8H,5-6H2. The third-order valence-corrected chi connectivity index (χ3v) is 5.40. The highest BCUT2D eigenvalue weighted by Crippen LogP contribution is 2.56. The summed E-state index contributed by atoms with van der Waals surface area (Å²) in [4.78, 5) is 4.51. The van der Waals surface area contributed by atoms with Gasteiger partial charge in [-0.25, -0.2) is 4.39 Å². The summed E-state index contributed by atoms with van der Waals surface area (Å²) in [5.74, 6) is 0.607. The summed E-state index contributed by atoms with van der Waals surface area (Å²) in [6.07, 6.45) is 1.71. The van der Waals surface area contributed by atoms with Crippen LogP contribution in [0, 0.1) is 9.39 Å². The summed E-state index contributed by atoms with van der Waals surface area (Å²) in [5.41, 5.74) is 1.11. The first-order valence-electron chi connectivity index (χ1n) is 7.25. The summed E-state index contributed by atoms with van der Waals surface area (Å²) >= 11 is 15.0. The van der Waals surface area contributed by atoms with Gasteiger partial charge in [-0.2, -0.15) is 4.98 Å². The van der Waals surface area contributed by atoms with Gasteiger partial charge in [0.25, 0.3) is 5.89 Å². The maximum Gasteiger partial charge on any atom is 0.257 e. The minimum Gasteiger partial charge on any atom is -0.334 e. The quantitative estimate of drug-likeness (QED) is 0.446. The van der Waals surface area contributed by atoms with Crippen LogP contribution < -0.4 is 0 Å². The molecule has 4 rings (SSSR count). The third kappa shape index (κ3) is 2.72. The van der Waals surface area contributed by atoms with Crippen molar-refractivity contribution in [3.63, 3.8) is 0 Å². The average Bonchev–Trinajstić information content (AvgIpc) is 3.15. The molecule has 0 spiro atoms. The molecule has 1 aromatic heterocycles. The van der Waals surface area contributed by atoms with E-state index in [-0.39, 0.29) is 5.82 Å². The zero-order chi connectivity index (χ0) is 16.9. The highest BCUT2D eigenvalue weighted by Gasteiger charge is 2.52. The van der Waals surface area contributed by atoms with E-state index in [0.29, 0.717) is 27.3 Å². The molecule has 0 atom stereocenters. The van der Waals surface area contributed by atoms with Crippen molar-refractivity contribution < 1.29 is 8.91 Å². The van der Waals surface area contributed by atoms with E-state index in [1.807, 2.05) is 12.1 Å². The van der Waals surface area contributed by atoms with Gasteiger partial charge in [0, 0.05) is 24.7 Å². The van der Waals surface area contributed by atoms with Crippen LogP contribution in [0.15, 0.2) is 40.9 Å². The van der Waals surface area contributed by atoms with Gasteiger partial charge in [0.15, 0.2) is 5.82 Å². The lowest BCUT2D eigenvalue weighted by atomic mass is 9.95. The minimum absolute atomic E-state index is 0.311. The molecule has 0 N–H and O–H groups in total. The first kappa shape index (κ1) is 16.3. The summed E-state index contributed by atoms with van der Waals surface area (Å²) in [7, 11) is 0. The summed E-state index contributed by atoms with van der Waals surface area (Å²) in [5, 5.41) is 5.35. The van der Waals surface area contributed by atoms with Crippen molar-refractivity contribution in [2.75, 3.05) is 0 Å². The second-order valence-electron chi connectivity index (χ2n) is 5.76. The fraction of sp³-hybridized carbons (Fsp3) is 0.176. The van der Waals surface area contributed by atoms with Crippen molar-refractivity contribution in [1.82, 2.24) is 10.1 Å². The van der Waals surface area contributed by atoms with Crippen LogP contribution in [0.3, 0.4) is 0 Å². The molecule has 7 heteroatoms. The number of nitrogens with zero attached hydrogens (tertiary/aromatic N) is 2. The largest absolute Gasteiger partial charge is 0.334 e. The van der Waals surface area contributed by atoms with Gasteiger partial charge in [-0.05, 0) is 71.8 Å². The van der Waals surface area contributed by atoms with Gasteiger partial charge in [0.2, 0.25) is 0 Å². The molecule has 3 aromatic rings. The molecule has 1 heterocycles. The zero-order valence-corrected chi connectivity index (χ0v) is 15.9. The van der Waals surface area contributed by atoms with E-state index in [9.17, 15) is 4.39 Å². The van der Waals surface area contributed by atoms with Gasteiger partial charge in [-0.1, -0.05) is 28.4 Å². The first-order chi connectivity index (χ1) is 11.5. The Bertz CT molecular complexity index is 900. The van der Waals surface area contributed by atoms with Gasteiger partial charge in [-0.15, -0.1) is 0 Å². The van der Waals surface area contributed by atoms with Crippen LogP contribution >= 0.6 is 45.8 Å². The molecule has 2 aromatic carbocycles.